The van der Waals surface area contributed by atoms with Gasteiger partial charge in [-0.2, -0.15) is 0 Å². The fourth-order valence-corrected chi connectivity index (χ4v) is 4.65. The molecular formula is C19H26N2O3S. The number of ether oxygens (including phenoxy) is 1. The van der Waals surface area contributed by atoms with Gasteiger partial charge in [0, 0.05) is 42.9 Å². The van der Waals surface area contributed by atoms with Gasteiger partial charge in [-0.05, 0) is 37.4 Å². The van der Waals surface area contributed by atoms with Gasteiger partial charge in [0.15, 0.2) is 5.60 Å². The molecule has 25 heavy (non-hydrogen) atoms. The van der Waals surface area contributed by atoms with Crippen LogP contribution in [0.25, 0.3) is 10.1 Å². The lowest BCUT2D eigenvalue weighted by Crippen LogP contribution is -2.58. The standard InChI is InChI=1S/C19H26N2O3S/c1-20(13-16-12-15-6-3-4-7-17(15)25-16)14-19(23)8-5-9-21(18(19)22)10-11-24-2/h3-4,6-7,12,23H,5,8-11,13-14H2,1-2H3/t19-/m0/s1. The second-order valence-electron chi connectivity index (χ2n) is 6.84. The number of thiophene rings is 1. The minimum absolute atomic E-state index is 0.168. The van der Waals surface area contributed by atoms with E-state index in [4.69, 9.17) is 4.74 Å². The number of carbonyl (C=O) groups excluding carboxylic acids is 1. The predicted molar refractivity (Wildman–Crippen MR) is 101 cm³/mol. The largest absolute Gasteiger partial charge is 0.383 e. The number of hydrogen-bond donors (Lipinski definition) is 1. The number of nitrogens with zero attached hydrogens (tertiary/aromatic N) is 2. The molecule has 0 aliphatic carbocycles. The van der Waals surface area contributed by atoms with Gasteiger partial charge >= 0.3 is 0 Å². The van der Waals surface area contributed by atoms with Crippen LogP contribution in [0.15, 0.2) is 30.3 Å². The van der Waals surface area contributed by atoms with E-state index in [1.54, 1.807) is 23.3 Å². The van der Waals surface area contributed by atoms with Crippen molar-refractivity contribution in [2.45, 2.75) is 25.0 Å². The van der Waals surface area contributed by atoms with Crippen molar-refractivity contribution in [3.8, 4) is 0 Å². The molecule has 1 aliphatic heterocycles. The van der Waals surface area contributed by atoms with Crippen LogP contribution in [0.5, 0.6) is 0 Å². The minimum Gasteiger partial charge on any atom is -0.383 e. The lowest BCUT2D eigenvalue weighted by atomic mass is 9.91. The Morgan fingerprint density at radius 2 is 2.20 bits per heavy atom. The Morgan fingerprint density at radius 3 is 2.96 bits per heavy atom. The highest BCUT2D eigenvalue weighted by molar-refractivity contribution is 7.19. The topological polar surface area (TPSA) is 53.0 Å². The molecule has 1 N–H and O–H groups in total. The first-order valence-electron chi connectivity index (χ1n) is 8.68. The number of fused-ring (bicyclic) bond motifs is 1. The number of hydrogen-bond acceptors (Lipinski definition) is 5. The average molecular weight is 362 g/mol. The second-order valence-corrected chi connectivity index (χ2v) is 8.01. The molecule has 1 atom stereocenters. The van der Waals surface area contributed by atoms with Crippen LogP contribution in [0.3, 0.4) is 0 Å². The van der Waals surface area contributed by atoms with Crippen LogP contribution in [0.2, 0.25) is 0 Å². The first-order valence-corrected chi connectivity index (χ1v) is 9.50. The summed E-state index contributed by atoms with van der Waals surface area (Å²) >= 11 is 1.76. The Kier molecular flexibility index (Phi) is 5.74. The number of piperidine rings is 1. The van der Waals surface area contributed by atoms with E-state index in [1.807, 2.05) is 24.1 Å². The van der Waals surface area contributed by atoms with Crippen LogP contribution < -0.4 is 0 Å². The fraction of sp³-hybridized carbons (Fsp3) is 0.526. The van der Waals surface area contributed by atoms with Gasteiger partial charge in [0.2, 0.25) is 0 Å². The number of likely N-dealkylation sites (N-methyl/N-ethyl adjacent to an activating group) is 1. The number of benzene rings is 1. The maximum absolute atomic E-state index is 12.7. The molecule has 5 nitrogen and oxygen atoms in total. The number of aliphatic hydroxyl groups is 1. The number of likely N-dealkylation sites (tertiary alicyclic amines) is 1. The summed E-state index contributed by atoms with van der Waals surface area (Å²) in [7, 11) is 3.59. The van der Waals surface area contributed by atoms with Crippen LogP contribution in [0.1, 0.15) is 17.7 Å². The van der Waals surface area contributed by atoms with Crippen LogP contribution in [0, 0.1) is 0 Å². The highest BCUT2D eigenvalue weighted by Gasteiger charge is 2.42. The van der Waals surface area contributed by atoms with Crippen molar-refractivity contribution in [1.82, 2.24) is 9.80 Å². The smallest absolute Gasteiger partial charge is 0.255 e. The molecule has 6 heteroatoms. The Morgan fingerprint density at radius 1 is 1.40 bits per heavy atom. The molecule has 136 valence electrons. The number of rotatable bonds is 7. The summed E-state index contributed by atoms with van der Waals surface area (Å²) in [5.41, 5.74) is -1.29. The normalized spacial score (nSPS) is 21.4. The third kappa shape index (κ3) is 4.20. The van der Waals surface area contributed by atoms with E-state index in [2.05, 4.69) is 18.2 Å². The van der Waals surface area contributed by atoms with Crippen LogP contribution in [-0.4, -0.2) is 66.8 Å². The molecule has 1 aromatic carbocycles. The number of methoxy groups -OCH3 is 1. The molecule has 0 unspecified atom stereocenters. The van der Waals surface area contributed by atoms with Crippen LogP contribution in [0.4, 0.5) is 0 Å². The number of carbonyl (C=O) groups is 1. The van der Waals surface area contributed by atoms with Crippen molar-refractivity contribution in [3.05, 3.63) is 35.2 Å². The van der Waals surface area contributed by atoms with Crippen molar-refractivity contribution in [2.24, 2.45) is 0 Å². The highest BCUT2D eigenvalue weighted by Crippen LogP contribution is 2.28. The van der Waals surface area contributed by atoms with Crippen molar-refractivity contribution < 1.29 is 14.6 Å². The van der Waals surface area contributed by atoms with Gasteiger partial charge in [-0.3, -0.25) is 9.69 Å². The third-order valence-electron chi connectivity index (χ3n) is 4.70. The molecule has 1 aromatic heterocycles. The van der Waals surface area contributed by atoms with E-state index in [1.165, 1.54) is 15.0 Å². The van der Waals surface area contributed by atoms with Gasteiger partial charge < -0.3 is 14.7 Å². The predicted octanol–water partition coefficient (Wildman–Crippen LogP) is 2.33. The Balaban J connectivity index is 1.64. The highest BCUT2D eigenvalue weighted by atomic mass is 32.1. The summed E-state index contributed by atoms with van der Waals surface area (Å²) in [6, 6.07) is 10.5. The van der Waals surface area contributed by atoms with Gasteiger partial charge in [-0.1, -0.05) is 18.2 Å². The van der Waals surface area contributed by atoms with Gasteiger partial charge in [-0.25, -0.2) is 0 Å². The van der Waals surface area contributed by atoms with Crippen LogP contribution >= 0.6 is 11.3 Å². The average Bonchev–Trinajstić information content (AvgIpc) is 2.98. The molecule has 2 aromatic rings. The molecule has 1 saturated heterocycles. The van der Waals surface area contributed by atoms with Gasteiger partial charge in [0.05, 0.1) is 6.61 Å². The van der Waals surface area contributed by atoms with Crippen molar-refractivity contribution in [3.63, 3.8) is 0 Å². The molecule has 0 saturated carbocycles. The van der Waals surface area contributed by atoms with Crippen molar-refractivity contribution >= 4 is 27.3 Å². The molecule has 3 rings (SSSR count). The summed E-state index contributed by atoms with van der Waals surface area (Å²) < 4.78 is 6.33. The monoisotopic (exact) mass is 362 g/mol. The fourth-order valence-electron chi connectivity index (χ4n) is 3.51. The molecular weight excluding hydrogens is 336 g/mol. The number of amides is 1. The molecule has 0 spiro atoms. The molecule has 0 bridgehead atoms. The Labute approximate surface area is 152 Å². The summed E-state index contributed by atoms with van der Waals surface area (Å²) in [6.07, 6.45) is 1.34. The first kappa shape index (κ1) is 18.3. The van der Waals surface area contributed by atoms with E-state index < -0.39 is 5.60 Å². The zero-order valence-electron chi connectivity index (χ0n) is 14.9. The van der Waals surface area contributed by atoms with E-state index in [0.717, 1.165) is 13.0 Å². The molecule has 1 fully saturated rings. The summed E-state index contributed by atoms with van der Waals surface area (Å²) in [5.74, 6) is -0.168. The SMILES string of the molecule is COCCN1CCC[C@](O)(CN(C)Cc2cc3ccccc3s2)C1=O. The molecule has 0 radical (unpaired) electrons. The third-order valence-corrected chi connectivity index (χ3v) is 5.80. The molecule has 1 amide bonds. The first-order chi connectivity index (χ1) is 12.0. The van der Waals surface area contributed by atoms with Gasteiger partial charge in [0.1, 0.15) is 0 Å². The zero-order valence-corrected chi connectivity index (χ0v) is 15.7. The summed E-state index contributed by atoms with van der Waals surface area (Å²) in [6.45, 7) is 2.82. The van der Waals surface area contributed by atoms with Crippen LogP contribution in [-0.2, 0) is 16.1 Å². The van der Waals surface area contributed by atoms with E-state index in [0.29, 0.717) is 32.7 Å². The zero-order chi connectivity index (χ0) is 17.9. The summed E-state index contributed by atoms with van der Waals surface area (Å²) in [4.78, 5) is 17.7. The lowest BCUT2D eigenvalue weighted by molar-refractivity contribution is -0.159. The summed E-state index contributed by atoms with van der Waals surface area (Å²) in [5, 5.41) is 12.2. The quantitative estimate of drug-likeness (QED) is 0.821. The van der Waals surface area contributed by atoms with E-state index in [9.17, 15) is 9.90 Å². The van der Waals surface area contributed by atoms with Gasteiger partial charge in [-0.15, -0.1) is 11.3 Å². The van der Waals surface area contributed by atoms with E-state index >= 15 is 0 Å². The molecule has 2 heterocycles. The second kappa shape index (κ2) is 7.83. The van der Waals surface area contributed by atoms with E-state index in [-0.39, 0.29) is 5.91 Å². The maximum atomic E-state index is 12.7. The van der Waals surface area contributed by atoms with Crippen molar-refractivity contribution in [1.29, 1.82) is 0 Å². The Hall–Kier alpha value is -1.47. The molecule has 1 aliphatic rings. The Bertz CT molecular complexity index is 699. The maximum Gasteiger partial charge on any atom is 0.255 e. The minimum atomic E-state index is -1.29. The van der Waals surface area contributed by atoms with Gasteiger partial charge in [0.25, 0.3) is 5.91 Å². The van der Waals surface area contributed by atoms with Crippen molar-refractivity contribution in [2.75, 3.05) is 40.4 Å². The lowest BCUT2D eigenvalue weighted by Gasteiger charge is -2.40.